The number of hydrogen-bond acceptors (Lipinski definition) is 4. The molecular formula is C13H14F2N2O2. The maximum atomic E-state index is 12.7. The zero-order valence-corrected chi connectivity index (χ0v) is 10.5. The van der Waals surface area contributed by atoms with Crippen molar-refractivity contribution >= 4 is 5.97 Å². The second-order valence-corrected chi connectivity index (χ2v) is 3.80. The van der Waals surface area contributed by atoms with Gasteiger partial charge in [-0.1, -0.05) is 0 Å². The zero-order valence-electron chi connectivity index (χ0n) is 10.5. The van der Waals surface area contributed by atoms with Crippen LogP contribution in [0.15, 0.2) is 12.1 Å². The number of ether oxygens (including phenoxy) is 1. The Morgan fingerprint density at radius 1 is 1.53 bits per heavy atom. The number of halogens is 2. The molecule has 19 heavy (non-hydrogen) atoms. The lowest BCUT2D eigenvalue weighted by Gasteiger charge is -2.12. The maximum absolute atomic E-state index is 12.7. The van der Waals surface area contributed by atoms with Crippen LogP contribution in [0.5, 0.6) is 0 Å². The highest BCUT2D eigenvalue weighted by Crippen LogP contribution is 2.25. The van der Waals surface area contributed by atoms with E-state index < -0.39 is 12.4 Å². The smallest absolute Gasteiger partial charge is 0.310 e. The molecule has 6 heteroatoms. The van der Waals surface area contributed by atoms with Crippen LogP contribution in [0.4, 0.5) is 8.78 Å². The highest BCUT2D eigenvalue weighted by Gasteiger charge is 2.17. The third kappa shape index (κ3) is 3.73. The number of nitriles is 1. The SMILES string of the molecule is CCOC(=O)Cc1cc(C(F)F)cc(C#N)c1CN. The number of nitrogens with zero attached hydrogens (tertiary/aromatic N) is 1. The molecule has 0 unspecified atom stereocenters. The standard InChI is InChI=1S/C13H14F2N2O2/c1-2-19-12(18)5-8-3-9(13(14)15)4-10(6-16)11(8)7-17/h3-4,13H,2,5,7,17H2,1H3. The summed E-state index contributed by atoms with van der Waals surface area (Å²) in [5.74, 6) is -0.535. The number of benzene rings is 1. The lowest BCUT2D eigenvalue weighted by atomic mass is 9.96. The molecule has 1 aromatic carbocycles. The molecule has 0 aliphatic heterocycles. The summed E-state index contributed by atoms with van der Waals surface area (Å²) in [6, 6.07) is 4.12. The number of carbonyl (C=O) groups excluding carboxylic acids is 1. The second-order valence-electron chi connectivity index (χ2n) is 3.80. The van der Waals surface area contributed by atoms with Crippen molar-refractivity contribution in [1.82, 2.24) is 0 Å². The lowest BCUT2D eigenvalue weighted by Crippen LogP contribution is -2.13. The summed E-state index contributed by atoms with van der Waals surface area (Å²) in [6.45, 7) is 1.86. The first-order chi connectivity index (χ1) is 9.03. The van der Waals surface area contributed by atoms with Crippen LogP contribution in [-0.2, 0) is 22.5 Å². The number of esters is 1. The van der Waals surface area contributed by atoms with Gasteiger partial charge in [-0.15, -0.1) is 0 Å². The van der Waals surface area contributed by atoms with Crippen molar-refractivity contribution in [2.45, 2.75) is 26.3 Å². The van der Waals surface area contributed by atoms with Crippen LogP contribution >= 0.6 is 0 Å². The number of hydrogen-bond donors (Lipinski definition) is 1. The van der Waals surface area contributed by atoms with Gasteiger partial charge in [-0.05, 0) is 30.2 Å². The summed E-state index contributed by atoms with van der Waals surface area (Å²) in [5.41, 5.74) is 6.00. The molecule has 0 aliphatic rings. The molecule has 0 saturated carbocycles. The summed E-state index contributed by atoms with van der Waals surface area (Å²) >= 11 is 0. The molecule has 102 valence electrons. The minimum Gasteiger partial charge on any atom is -0.466 e. The van der Waals surface area contributed by atoms with Crippen LogP contribution in [0.25, 0.3) is 0 Å². The van der Waals surface area contributed by atoms with E-state index in [-0.39, 0.29) is 30.7 Å². The van der Waals surface area contributed by atoms with Gasteiger partial charge in [0, 0.05) is 12.1 Å². The number of rotatable bonds is 5. The van der Waals surface area contributed by atoms with Crippen molar-refractivity contribution in [1.29, 1.82) is 5.26 Å². The molecule has 0 spiro atoms. The molecule has 0 aliphatic carbocycles. The molecule has 1 aromatic rings. The van der Waals surface area contributed by atoms with Gasteiger partial charge in [0.05, 0.1) is 24.7 Å². The molecule has 0 amide bonds. The molecule has 2 N–H and O–H groups in total. The van der Waals surface area contributed by atoms with Crippen LogP contribution in [0, 0.1) is 11.3 Å². The van der Waals surface area contributed by atoms with Crippen molar-refractivity contribution in [3.63, 3.8) is 0 Å². The molecule has 0 saturated heterocycles. The van der Waals surface area contributed by atoms with E-state index in [0.717, 1.165) is 6.07 Å². The van der Waals surface area contributed by atoms with Crippen molar-refractivity contribution < 1.29 is 18.3 Å². The summed E-state index contributed by atoms with van der Waals surface area (Å²) in [7, 11) is 0. The minimum absolute atomic E-state index is 0.00114. The van der Waals surface area contributed by atoms with Gasteiger partial charge in [-0.3, -0.25) is 4.79 Å². The Kier molecular flexibility index (Phi) is 5.39. The van der Waals surface area contributed by atoms with Gasteiger partial charge in [0.1, 0.15) is 0 Å². The van der Waals surface area contributed by atoms with Gasteiger partial charge < -0.3 is 10.5 Å². The Morgan fingerprint density at radius 2 is 2.21 bits per heavy atom. The quantitative estimate of drug-likeness (QED) is 0.829. The molecule has 1 rings (SSSR count). The van der Waals surface area contributed by atoms with Gasteiger partial charge in [0.25, 0.3) is 6.43 Å². The monoisotopic (exact) mass is 268 g/mol. The fraction of sp³-hybridized carbons (Fsp3) is 0.385. The summed E-state index contributed by atoms with van der Waals surface area (Å²) in [4.78, 5) is 11.4. The van der Waals surface area contributed by atoms with Crippen LogP contribution in [0.2, 0.25) is 0 Å². The molecule has 0 aromatic heterocycles. The molecule has 0 bridgehead atoms. The molecule has 4 nitrogen and oxygen atoms in total. The third-order valence-corrected chi connectivity index (χ3v) is 2.58. The van der Waals surface area contributed by atoms with Gasteiger partial charge in [0.2, 0.25) is 0 Å². The third-order valence-electron chi connectivity index (χ3n) is 2.58. The van der Waals surface area contributed by atoms with E-state index in [0.29, 0.717) is 11.1 Å². The van der Waals surface area contributed by atoms with Crippen LogP contribution in [0.1, 0.15) is 35.6 Å². The lowest BCUT2D eigenvalue weighted by molar-refractivity contribution is -0.142. The Balaban J connectivity index is 3.23. The number of carbonyl (C=O) groups is 1. The zero-order chi connectivity index (χ0) is 14.4. The first kappa shape index (κ1) is 15.1. The molecule has 0 atom stereocenters. The first-order valence-electron chi connectivity index (χ1n) is 5.73. The predicted octanol–water partition coefficient (Wildman–Crippen LogP) is 2.06. The Hall–Kier alpha value is -2.00. The van der Waals surface area contributed by atoms with Crippen molar-refractivity contribution in [2.24, 2.45) is 5.73 Å². The first-order valence-corrected chi connectivity index (χ1v) is 5.73. The summed E-state index contributed by atoms with van der Waals surface area (Å²) < 4.78 is 30.2. The minimum atomic E-state index is -2.71. The summed E-state index contributed by atoms with van der Waals surface area (Å²) in [6.07, 6.45) is -2.88. The average Bonchev–Trinajstić information content (AvgIpc) is 2.37. The van der Waals surface area contributed by atoms with Crippen molar-refractivity contribution in [3.05, 3.63) is 34.4 Å². The van der Waals surface area contributed by atoms with E-state index >= 15 is 0 Å². The van der Waals surface area contributed by atoms with Crippen LogP contribution < -0.4 is 5.73 Å². The molecule has 0 heterocycles. The van der Waals surface area contributed by atoms with E-state index in [1.807, 2.05) is 6.07 Å². The highest BCUT2D eigenvalue weighted by atomic mass is 19.3. The van der Waals surface area contributed by atoms with Crippen LogP contribution in [0.3, 0.4) is 0 Å². The van der Waals surface area contributed by atoms with Crippen molar-refractivity contribution in [2.75, 3.05) is 6.61 Å². The Labute approximate surface area is 109 Å². The van der Waals surface area contributed by atoms with Gasteiger partial charge in [-0.2, -0.15) is 5.26 Å². The molecule has 0 fully saturated rings. The Bertz CT molecular complexity index is 510. The normalized spacial score (nSPS) is 10.3. The largest absolute Gasteiger partial charge is 0.466 e. The van der Waals surface area contributed by atoms with Gasteiger partial charge >= 0.3 is 5.97 Å². The average molecular weight is 268 g/mol. The maximum Gasteiger partial charge on any atom is 0.310 e. The van der Waals surface area contributed by atoms with Gasteiger partial charge in [0.15, 0.2) is 0 Å². The second kappa shape index (κ2) is 6.81. The summed E-state index contributed by atoms with van der Waals surface area (Å²) in [5, 5.41) is 8.95. The predicted molar refractivity (Wildman–Crippen MR) is 64.3 cm³/mol. The van der Waals surface area contributed by atoms with E-state index in [9.17, 15) is 13.6 Å². The topological polar surface area (TPSA) is 76.1 Å². The van der Waals surface area contributed by atoms with E-state index in [1.54, 1.807) is 6.92 Å². The van der Waals surface area contributed by atoms with Crippen molar-refractivity contribution in [3.8, 4) is 6.07 Å². The van der Waals surface area contributed by atoms with E-state index in [2.05, 4.69) is 0 Å². The number of alkyl halides is 2. The fourth-order valence-electron chi connectivity index (χ4n) is 1.75. The van der Waals surface area contributed by atoms with E-state index in [1.165, 1.54) is 6.07 Å². The van der Waals surface area contributed by atoms with Gasteiger partial charge in [-0.25, -0.2) is 8.78 Å². The van der Waals surface area contributed by atoms with E-state index in [4.69, 9.17) is 15.7 Å². The fourth-order valence-corrected chi connectivity index (χ4v) is 1.75. The van der Waals surface area contributed by atoms with Crippen LogP contribution in [-0.4, -0.2) is 12.6 Å². The highest BCUT2D eigenvalue weighted by molar-refractivity contribution is 5.73. The molecule has 0 radical (unpaired) electrons. The number of nitrogens with two attached hydrogens (primary N) is 1. The molecular weight excluding hydrogens is 254 g/mol. The Morgan fingerprint density at radius 3 is 2.68 bits per heavy atom.